The van der Waals surface area contributed by atoms with E-state index in [1.165, 1.54) is 11.6 Å². The van der Waals surface area contributed by atoms with Gasteiger partial charge in [0.05, 0.1) is 30.5 Å². The van der Waals surface area contributed by atoms with Crippen molar-refractivity contribution in [1.82, 2.24) is 14.5 Å². The Kier molecular flexibility index (Phi) is 11.5. The van der Waals surface area contributed by atoms with Crippen LogP contribution in [-0.4, -0.2) is 19.6 Å². The number of fused-ring (bicyclic) bond motifs is 1. The molecule has 65 heavy (non-hydrogen) atoms. The van der Waals surface area contributed by atoms with E-state index in [2.05, 4.69) is 145 Å². The van der Waals surface area contributed by atoms with Crippen molar-refractivity contribution in [2.45, 2.75) is 112 Å². The van der Waals surface area contributed by atoms with Gasteiger partial charge in [-0.25, -0.2) is 4.98 Å². The zero-order valence-electron chi connectivity index (χ0n) is 45.8. The van der Waals surface area contributed by atoms with Crippen LogP contribution >= 0.6 is 0 Å². The van der Waals surface area contributed by atoms with Crippen LogP contribution in [0.2, 0.25) is 0 Å². The van der Waals surface area contributed by atoms with E-state index in [4.69, 9.17) is 11.8 Å². The van der Waals surface area contributed by atoms with Crippen molar-refractivity contribution in [1.29, 1.82) is 0 Å². The molecule has 0 saturated carbocycles. The number of aromatic nitrogens is 3. The second-order valence-corrected chi connectivity index (χ2v) is 20.3. The van der Waals surface area contributed by atoms with Crippen molar-refractivity contribution in [3.05, 3.63) is 167 Å². The Labute approximate surface area is 410 Å². The smallest absolute Gasteiger partial charge is 0.148 e. The molecule has 0 fully saturated rings. The first-order valence-electron chi connectivity index (χ1n) is 25.6. The number of phenolic OH excluding ortho intramolecular Hbond substituents is 1. The van der Waals surface area contributed by atoms with E-state index in [1.807, 2.05) is 45.0 Å². The standard InChI is InChI=1S/C60H64N3O.Pt/c1-37(2)29-40-21-26-54(51(30-40)42-17-14-13-15-18-42)63-55-20-16-19-49(56(55)62-58(63)52-35-44(38(3)4)34-50(39(5)6)57(52)64)45-31-46(33-48(32-45)60(10,11)12)53-36-43(27-28-61-53)41-22-24-47(25-23-41)59(7,8)9;/h13-28,30,32-39,64H,29H2,1-12H3;/q-1;/i22D,24D,25D,27D,28D,36D;. The van der Waals surface area contributed by atoms with Crippen LogP contribution in [0.3, 0.4) is 0 Å². The van der Waals surface area contributed by atoms with E-state index >= 15 is 0 Å². The molecule has 1 N–H and O–H groups in total. The maximum absolute atomic E-state index is 12.3. The van der Waals surface area contributed by atoms with E-state index in [0.29, 0.717) is 39.5 Å². The second-order valence-electron chi connectivity index (χ2n) is 20.3. The predicted molar refractivity (Wildman–Crippen MR) is 271 cm³/mol. The van der Waals surface area contributed by atoms with E-state index in [-0.39, 0.29) is 85.7 Å². The molecule has 0 unspecified atom stereocenters. The van der Waals surface area contributed by atoms with Crippen molar-refractivity contribution in [3.63, 3.8) is 0 Å². The van der Waals surface area contributed by atoms with Crippen LogP contribution < -0.4 is 0 Å². The summed E-state index contributed by atoms with van der Waals surface area (Å²) in [6, 6.07) is 35.5. The van der Waals surface area contributed by atoms with Gasteiger partial charge in [0.25, 0.3) is 0 Å². The summed E-state index contributed by atoms with van der Waals surface area (Å²) in [4.78, 5) is 10.1. The van der Waals surface area contributed by atoms with Gasteiger partial charge >= 0.3 is 0 Å². The van der Waals surface area contributed by atoms with E-state index in [1.54, 1.807) is 0 Å². The third-order valence-electron chi connectivity index (χ3n) is 12.0. The molecule has 4 nitrogen and oxygen atoms in total. The number of aromatic hydroxyl groups is 1. The molecule has 6 aromatic carbocycles. The number of pyridine rings is 1. The molecular formula is C60H64N3OPt-. The fourth-order valence-electron chi connectivity index (χ4n) is 8.33. The van der Waals surface area contributed by atoms with Crippen LogP contribution in [0.4, 0.5) is 0 Å². The van der Waals surface area contributed by atoms with Gasteiger partial charge < -0.3 is 5.11 Å². The van der Waals surface area contributed by atoms with Crippen molar-refractivity contribution in [3.8, 4) is 67.5 Å². The molecule has 0 aliphatic rings. The summed E-state index contributed by atoms with van der Waals surface area (Å²) in [5.41, 5.74) is 10.6. The molecule has 0 amide bonds. The fraction of sp³-hybridized carbons (Fsp3) is 0.300. The summed E-state index contributed by atoms with van der Waals surface area (Å²) in [6.07, 6.45) is 0.518. The van der Waals surface area contributed by atoms with Crippen molar-refractivity contribution >= 4 is 11.0 Å². The molecule has 8 rings (SSSR count). The summed E-state index contributed by atoms with van der Waals surface area (Å²) < 4.78 is 56.8. The van der Waals surface area contributed by atoms with Crippen LogP contribution in [0.1, 0.15) is 131 Å². The average molecular weight is 1040 g/mol. The van der Waals surface area contributed by atoms with Crippen LogP contribution in [-0.2, 0) is 38.3 Å². The molecule has 2 aromatic heterocycles. The summed E-state index contributed by atoms with van der Waals surface area (Å²) >= 11 is 0. The Hall–Kier alpha value is -5.57. The predicted octanol–water partition coefficient (Wildman–Crippen LogP) is 16.3. The Morgan fingerprint density at radius 2 is 1.38 bits per heavy atom. The summed E-state index contributed by atoms with van der Waals surface area (Å²) in [7, 11) is 0. The quantitative estimate of drug-likeness (QED) is 0.139. The number of imidazole rings is 1. The van der Waals surface area contributed by atoms with Gasteiger partial charge in [-0.05, 0) is 104 Å². The average Bonchev–Trinajstić information content (AvgIpc) is 3.67. The fourth-order valence-corrected chi connectivity index (χ4v) is 8.33. The SMILES string of the molecule is [2H]c1cc(-c2c([2H])c([2H])nc(-c3[c-]c(-c4cccc5c4nc(-c4cc(C(C)C)cc(C(C)C)c4O)n5-c4ccc(CC(C)C)cc4-c4ccccc4)cc(C(C)(C)C)c3)c2[2H])c([2H])c([2H])c1C(C)(C)C.[Pt]. The number of phenols is 1. The Balaban J connectivity index is 0.00000741. The molecule has 2 heterocycles. The molecule has 0 aliphatic heterocycles. The summed E-state index contributed by atoms with van der Waals surface area (Å²) in [5, 5.41) is 12.3. The first-order valence-corrected chi connectivity index (χ1v) is 22.6. The number of hydrogen-bond donors (Lipinski definition) is 1. The third kappa shape index (κ3) is 9.85. The monoisotopic (exact) mass is 1040 g/mol. The maximum atomic E-state index is 12.3. The molecule has 0 spiro atoms. The van der Waals surface area contributed by atoms with Gasteiger partial charge in [0, 0.05) is 38.5 Å². The van der Waals surface area contributed by atoms with Crippen LogP contribution in [0.15, 0.2) is 133 Å². The van der Waals surface area contributed by atoms with Crippen LogP contribution in [0.25, 0.3) is 72.7 Å². The molecule has 0 atom stereocenters. The largest absolute Gasteiger partial charge is 0.507 e. The zero-order chi connectivity index (χ0) is 50.9. The Morgan fingerprint density at radius 3 is 2.06 bits per heavy atom. The molecule has 0 aliphatic carbocycles. The third-order valence-corrected chi connectivity index (χ3v) is 12.0. The molecule has 8 aromatic rings. The molecular weight excluding hydrogens is 974 g/mol. The molecule has 5 heteroatoms. The summed E-state index contributed by atoms with van der Waals surface area (Å²) in [5.74, 6) is 1.44. The minimum atomic E-state index is -0.587. The summed E-state index contributed by atoms with van der Waals surface area (Å²) in [6.45, 7) is 24.9. The van der Waals surface area contributed by atoms with Gasteiger partial charge in [0.1, 0.15) is 11.6 Å². The molecule has 336 valence electrons. The first-order chi connectivity index (χ1) is 32.9. The Bertz CT molecular complexity index is 3330. The van der Waals surface area contributed by atoms with Gasteiger partial charge in [-0.3, -0.25) is 9.55 Å². The van der Waals surface area contributed by atoms with E-state index in [0.717, 1.165) is 51.0 Å². The van der Waals surface area contributed by atoms with Crippen molar-refractivity contribution < 1.29 is 34.4 Å². The van der Waals surface area contributed by atoms with Gasteiger partial charge in [0.2, 0.25) is 0 Å². The number of para-hydroxylation sites is 1. The van der Waals surface area contributed by atoms with Crippen molar-refractivity contribution in [2.75, 3.05) is 0 Å². The number of rotatable bonds is 10. The zero-order valence-corrected chi connectivity index (χ0v) is 42.1. The Morgan fingerprint density at radius 1 is 0.662 bits per heavy atom. The van der Waals surface area contributed by atoms with Gasteiger partial charge in [-0.1, -0.05) is 179 Å². The molecule has 0 radical (unpaired) electrons. The maximum Gasteiger partial charge on any atom is 0.148 e. The number of nitrogens with zero attached hydrogens (tertiary/aromatic N) is 3. The number of hydrogen-bond acceptors (Lipinski definition) is 3. The first kappa shape index (κ1) is 39.8. The van der Waals surface area contributed by atoms with Gasteiger partial charge in [-0.2, -0.15) is 0 Å². The van der Waals surface area contributed by atoms with Crippen molar-refractivity contribution in [2.24, 2.45) is 5.92 Å². The second kappa shape index (κ2) is 18.7. The van der Waals surface area contributed by atoms with E-state index < -0.39 is 17.0 Å². The normalized spacial score (nSPS) is 13.4. The minimum Gasteiger partial charge on any atom is -0.507 e. The van der Waals surface area contributed by atoms with Gasteiger partial charge in [-0.15, -0.1) is 29.3 Å². The molecule has 0 bridgehead atoms. The van der Waals surface area contributed by atoms with E-state index in [9.17, 15) is 6.48 Å². The molecule has 0 saturated heterocycles. The van der Waals surface area contributed by atoms with Gasteiger partial charge in [0.15, 0.2) is 0 Å². The van der Waals surface area contributed by atoms with Crippen LogP contribution in [0, 0.1) is 12.0 Å². The topological polar surface area (TPSA) is 50.9 Å². The number of benzene rings is 6. The van der Waals surface area contributed by atoms with Crippen LogP contribution in [0.5, 0.6) is 5.75 Å². The minimum absolute atomic E-state index is 0.